The topological polar surface area (TPSA) is 103 Å². The number of nitrogens with one attached hydrogen (secondary N) is 1. The van der Waals surface area contributed by atoms with Crippen LogP contribution in [0.15, 0.2) is 35.4 Å². The van der Waals surface area contributed by atoms with E-state index in [4.69, 9.17) is 0 Å². The van der Waals surface area contributed by atoms with Crippen molar-refractivity contribution in [3.8, 4) is 5.69 Å². The first-order valence-electron chi connectivity index (χ1n) is 7.66. The van der Waals surface area contributed by atoms with E-state index in [1.54, 1.807) is 37.4 Å². The van der Waals surface area contributed by atoms with Gasteiger partial charge in [-0.25, -0.2) is 23.1 Å². The van der Waals surface area contributed by atoms with Gasteiger partial charge < -0.3 is 0 Å². The molecule has 2 heterocycles. The summed E-state index contributed by atoms with van der Waals surface area (Å²) in [5, 5.41) is 8.07. The molecule has 0 amide bonds. The number of fused-ring (bicyclic) bond motifs is 1. The molecule has 2 aromatic heterocycles. The van der Waals surface area contributed by atoms with E-state index >= 15 is 0 Å². The molecular formula is C15H18N6O2S. The summed E-state index contributed by atoms with van der Waals surface area (Å²) < 4.78 is 28.8. The van der Waals surface area contributed by atoms with Gasteiger partial charge in [0.05, 0.1) is 16.8 Å². The molecule has 0 radical (unpaired) electrons. The molecule has 1 aromatic carbocycles. The van der Waals surface area contributed by atoms with Crippen LogP contribution in [0, 0.1) is 6.92 Å². The van der Waals surface area contributed by atoms with E-state index in [9.17, 15) is 8.42 Å². The van der Waals surface area contributed by atoms with Crippen molar-refractivity contribution in [3.05, 3.63) is 36.3 Å². The lowest BCUT2D eigenvalue weighted by molar-refractivity contribution is 0.578. The SMILES string of the molecule is CCCCNS(=O)(=O)c1cccc(-n2nnc3cnc(C)nc32)c1. The Kier molecular flexibility index (Phi) is 4.54. The van der Waals surface area contributed by atoms with Crippen LogP contribution in [0.3, 0.4) is 0 Å². The van der Waals surface area contributed by atoms with Gasteiger partial charge in [-0.3, -0.25) is 0 Å². The molecule has 3 aromatic rings. The van der Waals surface area contributed by atoms with Gasteiger partial charge in [0.15, 0.2) is 11.2 Å². The van der Waals surface area contributed by atoms with Crippen LogP contribution in [-0.4, -0.2) is 39.9 Å². The summed E-state index contributed by atoms with van der Waals surface area (Å²) in [5.41, 5.74) is 1.67. The maximum atomic E-state index is 12.4. The third kappa shape index (κ3) is 3.26. The van der Waals surface area contributed by atoms with E-state index in [1.165, 1.54) is 4.68 Å². The number of hydrogen-bond donors (Lipinski definition) is 1. The zero-order chi connectivity index (χ0) is 17.2. The molecule has 0 aliphatic carbocycles. The maximum Gasteiger partial charge on any atom is 0.240 e. The lowest BCUT2D eigenvalue weighted by Crippen LogP contribution is -2.24. The molecule has 24 heavy (non-hydrogen) atoms. The first-order valence-corrected chi connectivity index (χ1v) is 9.15. The Morgan fingerprint density at radius 1 is 1.29 bits per heavy atom. The lowest BCUT2D eigenvalue weighted by Gasteiger charge is -2.08. The van der Waals surface area contributed by atoms with Crippen molar-refractivity contribution in [3.63, 3.8) is 0 Å². The molecule has 0 unspecified atom stereocenters. The summed E-state index contributed by atoms with van der Waals surface area (Å²) in [5.74, 6) is 0.594. The second-order valence-corrected chi connectivity index (χ2v) is 7.14. The van der Waals surface area contributed by atoms with Gasteiger partial charge in [-0.15, -0.1) is 5.10 Å². The molecule has 126 valence electrons. The van der Waals surface area contributed by atoms with Crippen molar-refractivity contribution in [2.75, 3.05) is 6.54 Å². The number of aromatic nitrogens is 5. The first-order chi connectivity index (χ1) is 11.5. The van der Waals surface area contributed by atoms with E-state index in [0.29, 0.717) is 29.2 Å². The third-order valence-corrected chi connectivity index (χ3v) is 4.97. The quantitative estimate of drug-likeness (QED) is 0.680. The van der Waals surface area contributed by atoms with Crippen molar-refractivity contribution in [2.45, 2.75) is 31.6 Å². The summed E-state index contributed by atoms with van der Waals surface area (Å²) in [6, 6.07) is 6.54. The molecule has 0 aliphatic rings. The second-order valence-electron chi connectivity index (χ2n) is 5.38. The number of rotatable bonds is 6. The molecule has 1 N–H and O–H groups in total. The molecule has 0 spiro atoms. The molecule has 0 atom stereocenters. The number of hydrogen-bond acceptors (Lipinski definition) is 6. The molecule has 9 heteroatoms. The molecular weight excluding hydrogens is 328 g/mol. The van der Waals surface area contributed by atoms with Crippen LogP contribution in [0.5, 0.6) is 0 Å². The van der Waals surface area contributed by atoms with Crippen LogP contribution in [0.25, 0.3) is 16.9 Å². The van der Waals surface area contributed by atoms with Crippen molar-refractivity contribution in [1.29, 1.82) is 0 Å². The zero-order valence-corrected chi connectivity index (χ0v) is 14.3. The van der Waals surface area contributed by atoms with Gasteiger partial charge in [0.2, 0.25) is 10.0 Å². The van der Waals surface area contributed by atoms with Gasteiger partial charge in [0, 0.05) is 6.54 Å². The number of aryl methyl sites for hydroxylation is 1. The Morgan fingerprint density at radius 2 is 2.12 bits per heavy atom. The predicted molar refractivity (Wildman–Crippen MR) is 89.3 cm³/mol. The largest absolute Gasteiger partial charge is 0.240 e. The summed E-state index contributed by atoms with van der Waals surface area (Å²) in [6.45, 7) is 4.20. The fourth-order valence-electron chi connectivity index (χ4n) is 2.24. The average molecular weight is 346 g/mol. The molecule has 8 nitrogen and oxygen atoms in total. The smallest absolute Gasteiger partial charge is 0.239 e. The normalized spacial score (nSPS) is 11.9. The van der Waals surface area contributed by atoms with E-state index in [-0.39, 0.29) is 4.90 Å². The highest BCUT2D eigenvalue weighted by atomic mass is 32.2. The van der Waals surface area contributed by atoms with Crippen molar-refractivity contribution < 1.29 is 8.42 Å². The van der Waals surface area contributed by atoms with Crippen LogP contribution >= 0.6 is 0 Å². The van der Waals surface area contributed by atoms with E-state index in [1.807, 2.05) is 6.92 Å². The van der Waals surface area contributed by atoms with E-state index in [0.717, 1.165) is 12.8 Å². The fraction of sp³-hybridized carbons (Fsp3) is 0.333. The van der Waals surface area contributed by atoms with Crippen LogP contribution in [0.2, 0.25) is 0 Å². The molecule has 0 saturated carbocycles. The van der Waals surface area contributed by atoms with Gasteiger partial charge in [-0.1, -0.05) is 24.6 Å². The zero-order valence-electron chi connectivity index (χ0n) is 13.5. The van der Waals surface area contributed by atoms with Gasteiger partial charge in [-0.05, 0) is 31.5 Å². The summed E-state index contributed by atoms with van der Waals surface area (Å²) >= 11 is 0. The fourth-order valence-corrected chi connectivity index (χ4v) is 3.35. The van der Waals surface area contributed by atoms with Gasteiger partial charge in [0.1, 0.15) is 5.82 Å². The minimum Gasteiger partial charge on any atom is -0.239 e. The summed E-state index contributed by atoms with van der Waals surface area (Å²) in [6.07, 6.45) is 3.31. The van der Waals surface area contributed by atoms with Gasteiger partial charge >= 0.3 is 0 Å². The Bertz CT molecular complexity index is 967. The molecule has 0 bridgehead atoms. The second kappa shape index (κ2) is 6.62. The van der Waals surface area contributed by atoms with Crippen molar-refractivity contribution in [2.24, 2.45) is 0 Å². The number of sulfonamides is 1. The van der Waals surface area contributed by atoms with E-state index in [2.05, 4.69) is 25.0 Å². The average Bonchev–Trinajstić information content (AvgIpc) is 2.98. The van der Waals surface area contributed by atoms with Crippen LogP contribution in [0.4, 0.5) is 0 Å². The van der Waals surface area contributed by atoms with E-state index < -0.39 is 10.0 Å². The van der Waals surface area contributed by atoms with Crippen molar-refractivity contribution >= 4 is 21.2 Å². The molecule has 0 saturated heterocycles. The summed E-state index contributed by atoms with van der Waals surface area (Å²) in [4.78, 5) is 8.59. The lowest BCUT2D eigenvalue weighted by atomic mass is 10.3. The minimum atomic E-state index is -3.55. The molecule has 0 fully saturated rings. The number of unbranched alkanes of at least 4 members (excludes halogenated alkanes) is 1. The molecule has 0 aliphatic heterocycles. The monoisotopic (exact) mass is 346 g/mol. The van der Waals surface area contributed by atoms with Crippen molar-refractivity contribution in [1.82, 2.24) is 29.7 Å². The Hall–Kier alpha value is -2.39. The predicted octanol–water partition coefficient (Wildman–Crippen LogP) is 1.60. The number of benzene rings is 1. The Labute approximate surface area is 140 Å². The van der Waals surface area contributed by atoms with Crippen LogP contribution < -0.4 is 4.72 Å². The number of nitrogens with zero attached hydrogens (tertiary/aromatic N) is 5. The van der Waals surface area contributed by atoms with Gasteiger partial charge in [-0.2, -0.15) is 4.68 Å². The maximum absolute atomic E-state index is 12.4. The highest BCUT2D eigenvalue weighted by Crippen LogP contribution is 2.18. The van der Waals surface area contributed by atoms with Crippen LogP contribution in [0.1, 0.15) is 25.6 Å². The first kappa shape index (κ1) is 16.5. The Balaban J connectivity index is 1.99. The minimum absolute atomic E-state index is 0.186. The highest BCUT2D eigenvalue weighted by molar-refractivity contribution is 7.89. The standard InChI is InChI=1S/C15H18N6O2S/c1-3-4-8-17-24(22,23)13-7-5-6-12(9-13)21-15-14(19-20-21)10-16-11(2)18-15/h5-7,9-10,17H,3-4,8H2,1-2H3. The van der Waals surface area contributed by atoms with Crippen LogP contribution in [-0.2, 0) is 10.0 Å². The molecule has 3 rings (SSSR count). The summed E-state index contributed by atoms with van der Waals surface area (Å²) in [7, 11) is -3.55. The third-order valence-electron chi connectivity index (χ3n) is 3.51. The highest BCUT2D eigenvalue weighted by Gasteiger charge is 2.16. The Morgan fingerprint density at radius 3 is 2.92 bits per heavy atom. The van der Waals surface area contributed by atoms with Gasteiger partial charge in [0.25, 0.3) is 0 Å².